The van der Waals surface area contributed by atoms with Gasteiger partial charge in [0.1, 0.15) is 0 Å². The summed E-state index contributed by atoms with van der Waals surface area (Å²) in [5, 5.41) is 3.36. The van der Waals surface area contributed by atoms with Gasteiger partial charge in [-0.2, -0.15) is 0 Å². The predicted octanol–water partition coefficient (Wildman–Crippen LogP) is 2.58. The molecular weight excluding hydrogens is 198 g/mol. The second-order valence-electron chi connectivity index (χ2n) is 3.73. The van der Waals surface area contributed by atoms with Gasteiger partial charge in [0.25, 0.3) is 0 Å². The maximum absolute atomic E-state index is 5.84. The van der Waals surface area contributed by atoms with E-state index in [1.54, 1.807) is 12.4 Å². The van der Waals surface area contributed by atoms with Crippen LogP contribution in [0.3, 0.4) is 0 Å². The Morgan fingerprint density at radius 1 is 1.19 bits per heavy atom. The molecular formula is C13H15N3. The van der Waals surface area contributed by atoms with E-state index in [1.165, 1.54) is 5.56 Å². The average molecular weight is 213 g/mol. The molecule has 82 valence electrons. The van der Waals surface area contributed by atoms with Gasteiger partial charge in [0.05, 0.1) is 0 Å². The van der Waals surface area contributed by atoms with Crippen LogP contribution in [-0.2, 0) is 6.54 Å². The first-order chi connectivity index (χ1) is 7.77. The van der Waals surface area contributed by atoms with Crippen LogP contribution in [-0.4, -0.2) is 4.98 Å². The number of aromatic nitrogens is 1. The lowest BCUT2D eigenvalue weighted by Gasteiger charge is -2.10. The number of benzene rings is 1. The molecule has 0 aliphatic heterocycles. The topological polar surface area (TPSA) is 50.9 Å². The molecule has 0 aliphatic carbocycles. The van der Waals surface area contributed by atoms with Crippen LogP contribution in [0, 0.1) is 6.92 Å². The third-order valence-electron chi connectivity index (χ3n) is 2.61. The lowest BCUT2D eigenvalue weighted by molar-refractivity contribution is 1.12. The quantitative estimate of drug-likeness (QED) is 0.770. The second kappa shape index (κ2) is 4.66. The molecule has 1 aromatic heterocycles. The molecule has 0 radical (unpaired) electrons. The Labute approximate surface area is 95.3 Å². The molecule has 0 spiro atoms. The summed E-state index contributed by atoms with van der Waals surface area (Å²) in [7, 11) is 0. The molecule has 0 atom stereocenters. The predicted molar refractivity (Wildman–Crippen MR) is 67.2 cm³/mol. The average Bonchev–Trinajstić information content (AvgIpc) is 2.32. The molecule has 0 saturated heterocycles. The highest BCUT2D eigenvalue weighted by Crippen LogP contribution is 2.20. The molecule has 3 nitrogen and oxygen atoms in total. The molecule has 0 fully saturated rings. The van der Waals surface area contributed by atoms with Gasteiger partial charge in [-0.25, -0.2) is 0 Å². The van der Waals surface area contributed by atoms with Gasteiger partial charge in [0, 0.05) is 30.3 Å². The summed E-state index contributed by atoms with van der Waals surface area (Å²) >= 11 is 0. The number of pyridine rings is 1. The van der Waals surface area contributed by atoms with Crippen molar-refractivity contribution in [3.63, 3.8) is 0 Å². The van der Waals surface area contributed by atoms with Gasteiger partial charge in [-0.1, -0.05) is 6.07 Å². The molecule has 0 amide bonds. The van der Waals surface area contributed by atoms with Gasteiger partial charge in [0.2, 0.25) is 0 Å². The van der Waals surface area contributed by atoms with E-state index in [-0.39, 0.29) is 0 Å². The van der Waals surface area contributed by atoms with Gasteiger partial charge >= 0.3 is 0 Å². The highest BCUT2D eigenvalue weighted by molar-refractivity contribution is 5.62. The van der Waals surface area contributed by atoms with E-state index >= 15 is 0 Å². The van der Waals surface area contributed by atoms with E-state index < -0.39 is 0 Å². The van der Waals surface area contributed by atoms with Crippen molar-refractivity contribution in [3.05, 3.63) is 53.9 Å². The van der Waals surface area contributed by atoms with Crippen LogP contribution in [0.15, 0.2) is 42.7 Å². The SMILES string of the molecule is Cc1c(N)cccc1NCc1ccncc1. The van der Waals surface area contributed by atoms with Crippen molar-refractivity contribution in [2.45, 2.75) is 13.5 Å². The Morgan fingerprint density at radius 3 is 2.69 bits per heavy atom. The molecule has 16 heavy (non-hydrogen) atoms. The van der Waals surface area contributed by atoms with Crippen molar-refractivity contribution in [1.29, 1.82) is 0 Å². The normalized spacial score (nSPS) is 10.1. The van der Waals surface area contributed by atoms with Crippen LogP contribution >= 0.6 is 0 Å². The monoisotopic (exact) mass is 213 g/mol. The first kappa shape index (κ1) is 10.5. The molecule has 1 heterocycles. The second-order valence-corrected chi connectivity index (χ2v) is 3.73. The van der Waals surface area contributed by atoms with Gasteiger partial charge < -0.3 is 11.1 Å². The Morgan fingerprint density at radius 2 is 1.94 bits per heavy atom. The van der Waals surface area contributed by atoms with Crippen molar-refractivity contribution in [2.75, 3.05) is 11.1 Å². The number of hydrogen-bond acceptors (Lipinski definition) is 3. The summed E-state index contributed by atoms with van der Waals surface area (Å²) in [5.74, 6) is 0. The molecule has 1 aromatic carbocycles. The number of anilines is 2. The molecule has 3 N–H and O–H groups in total. The zero-order valence-corrected chi connectivity index (χ0v) is 9.27. The standard InChI is InChI=1S/C13H15N3/c1-10-12(14)3-2-4-13(10)16-9-11-5-7-15-8-6-11/h2-8,16H,9,14H2,1H3. The summed E-state index contributed by atoms with van der Waals surface area (Å²) in [4.78, 5) is 3.98. The Hall–Kier alpha value is -2.03. The number of rotatable bonds is 3. The zero-order chi connectivity index (χ0) is 11.4. The minimum atomic E-state index is 0.785. The van der Waals surface area contributed by atoms with Gasteiger partial charge in [-0.3, -0.25) is 4.98 Å². The third kappa shape index (κ3) is 2.31. The summed E-state index contributed by atoms with van der Waals surface area (Å²) in [6.45, 7) is 2.80. The van der Waals surface area contributed by atoms with E-state index in [9.17, 15) is 0 Å². The van der Waals surface area contributed by atoms with Crippen LogP contribution in [0.2, 0.25) is 0 Å². The van der Waals surface area contributed by atoms with E-state index in [4.69, 9.17) is 5.73 Å². The molecule has 2 aromatic rings. The summed E-state index contributed by atoms with van der Waals surface area (Å²) in [6, 6.07) is 9.89. The van der Waals surface area contributed by atoms with E-state index in [0.717, 1.165) is 23.5 Å². The smallest absolute Gasteiger partial charge is 0.0402 e. The number of hydrogen-bond donors (Lipinski definition) is 2. The maximum Gasteiger partial charge on any atom is 0.0402 e. The van der Waals surface area contributed by atoms with Crippen molar-refractivity contribution in [3.8, 4) is 0 Å². The van der Waals surface area contributed by atoms with Crippen LogP contribution in [0.5, 0.6) is 0 Å². The molecule has 0 unspecified atom stereocenters. The van der Waals surface area contributed by atoms with Crippen molar-refractivity contribution in [1.82, 2.24) is 4.98 Å². The van der Waals surface area contributed by atoms with Crippen LogP contribution in [0.25, 0.3) is 0 Å². The molecule has 0 aliphatic rings. The Balaban J connectivity index is 2.08. The van der Waals surface area contributed by atoms with E-state index in [1.807, 2.05) is 37.3 Å². The molecule has 0 bridgehead atoms. The minimum absolute atomic E-state index is 0.785. The minimum Gasteiger partial charge on any atom is -0.398 e. The number of nitrogens with one attached hydrogen (secondary N) is 1. The number of nitrogen functional groups attached to an aromatic ring is 1. The lowest BCUT2D eigenvalue weighted by Crippen LogP contribution is -2.02. The summed E-state index contributed by atoms with van der Waals surface area (Å²) in [6.07, 6.45) is 3.59. The summed E-state index contributed by atoms with van der Waals surface area (Å²) < 4.78 is 0. The van der Waals surface area contributed by atoms with Gasteiger partial charge in [-0.05, 0) is 42.3 Å². The molecule has 3 heteroatoms. The highest BCUT2D eigenvalue weighted by Gasteiger charge is 2.00. The number of nitrogens with zero attached hydrogens (tertiary/aromatic N) is 1. The van der Waals surface area contributed by atoms with Crippen molar-refractivity contribution < 1.29 is 0 Å². The van der Waals surface area contributed by atoms with Crippen LogP contribution in [0.1, 0.15) is 11.1 Å². The summed E-state index contributed by atoms with van der Waals surface area (Å²) in [5.41, 5.74) is 10.0. The van der Waals surface area contributed by atoms with Crippen molar-refractivity contribution in [2.24, 2.45) is 0 Å². The number of nitrogens with two attached hydrogens (primary N) is 1. The largest absolute Gasteiger partial charge is 0.398 e. The molecule has 2 rings (SSSR count). The van der Waals surface area contributed by atoms with Crippen LogP contribution in [0.4, 0.5) is 11.4 Å². The zero-order valence-electron chi connectivity index (χ0n) is 9.27. The fraction of sp³-hybridized carbons (Fsp3) is 0.154. The van der Waals surface area contributed by atoms with Crippen LogP contribution < -0.4 is 11.1 Å². The van der Waals surface area contributed by atoms with E-state index in [2.05, 4.69) is 10.3 Å². The third-order valence-corrected chi connectivity index (χ3v) is 2.61. The first-order valence-electron chi connectivity index (χ1n) is 5.25. The fourth-order valence-electron chi connectivity index (χ4n) is 1.54. The van der Waals surface area contributed by atoms with Crippen molar-refractivity contribution >= 4 is 11.4 Å². The van der Waals surface area contributed by atoms with Gasteiger partial charge in [-0.15, -0.1) is 0 Å². The van der Waals surface area contributed by atoms with Gasteiger partial charge in [0.15, 0.2) is 0 Å². The first-order valence-corrected chi connectivity index (χ1v) is 5.25. The molecule has 0 saturated carbocycles. The highest BCUT2D eigenvalue weighted by atomic mass is 14.9. The Kier molecular flexibility index (Phi) is 3.05. The lowest BCUT2D eigenvalue weighted by atomic mass is 10.1. The maximum atomic E-state index is 5.84. The fourth-order valence-corrected chi connectivity index (χ4v) is 1.54. The Bertz CT molecular complexity index is 466. The van der Waals surface area contributed by atoms with E-state index in [0.29, 0.717) is 0 Å².